The Hall–Kier alpha value is -3.09. The second-order valence-electron chi connectivity index (χ2n) is 9.09. The van der Waals surface area contributed by atoms with Crippen LogP contribution in [0.15, 0.2) is 36.5 Å². The molecule has 2 heterocycles. The number of thiazole rings is 1. The van der Waals surface area contributed by atoms with Gasteiger partial charge in [0.25, 0.3) is 0 Å². The molecule has 1 aliphatic rings. The molecule has 1 saturated carbocycles. The Morgan fingerprint density at radius 1 is 1.16 bits per heavy atom. The summed E-state index contributed by atoms with van der Waals surface area (Å²) in [7, 11) is -2.57. The maximum absolute atomic E-state index is 13.1. The second kappa shape index (κ2) is 11.5. The van der Waals surface area contributed by atoms with Crippen LogP contribution in [0.3, 0.4) is 0 Å². The van der Waals surface area contributed by atoms with Crippen LogP contribution in [0, 0.1) is 0 Å². The van der Waals surface area contributed by atoms with Crippen LogP contribution < -0.4 is 15.4 Å². The van der Waals surface area contributed by atoms with E-state index in [0.717, 1.165) is 40.0 Å². The van der Waals surface area contributed by atoms with Crippen LogP contribution in [-0.2, 0) is 24.2 Å². The molecule has 1 fully saturated rings. The Balaban J connectivity index is 1.59. The van der Waals surface area contributed by atoms with E-state index in [-0.39, 0.29) is 42.0 Å². The normalized spacial score (nSPS) is 14.5. The van der Waals surface area contributed by atoms with Crippen LogP contribution in [0.25, 0.3) is 21.3 Å². The predicted molar refractivity (Wildman–Crippen MR) is 141 cm³/mol. The van der Waals surface area contributed by atoms with E-state index in [1.54, 1.807) is 18.3 Å². The number of methoxy groups -OCH3 is 1. The first kappa shape index (κ1) is 27.0. The Labute approximate surface area is 219 Å². The van der Waals surface area contributed by atoms with Crippen molar-refractivity contribution in [1.29, 1.82) is 0 Å². The Bertz CT molecular complexity index is 1370. The molecule has 198 valence electrons. The first-order valence-corrected chi connectivity index (χ1v) is 14.5. The molecule has 12 heteroatoms. The smallest absolute Gasteiger partial charge is 0.245 e. The zero-order chi connectivity index (χ0) is 26.6. The highest BCUT2D eigenvalue weighted by atomic mass is 32.2. The SMILES string of the molecule is COCCS(=O)(=O)C(C(=O)NCC(=O)NC1CC1)c1nc2ccc(-c3ccc(OC(C)C)nc3)cc2s1. The van der Waals surface area contributed by atoms with Gasteiger partial charge in [0.15, 0.2) is 15.1 Å². The molecule has 4 rings (SSSR count). The number of pyridine rings is 1. The average Bonchev–Trinajstić information content (AvgIpc) is 3.57. The van der Waals surface area contributed by atoms with E-state index in [9.17, 15) is 18.0 Å². The summed E-state index contributed by atoms with van der Waals surface area (Å²) >= 11 is 1.13. The molecule has 1 aliphatic carbocycles. The number of sulfone groups is 1. The molecule has 0 radical (unpaired) electrons. The van der Waals surface area contributed by atoms with Crippen molar-refractivity contribution in [3.05, 3.63) is 41.5 Å². The summed E-state index contributed by atoms with van der Waals surface area (Å²) < 4.78 is 37.5. The monoisotopic (exact) mass is 546 g/mol. The highest BCUT2D eigenvalue weighted by Gasteiger charge is 2.37. The van der Waals surface area contributed by atoms with Gasteiger partial charge in [0.05, 0.1) is 35.2 Å². The summed E-state index contributed by atoms with van der Waals surface area (Å²) in [6.07, 6.45) is 3.54. The molecule has 0 saturated heterocycles. The lowest BCUT2D eigenvalue weighted by Gasteiger charge is -2.15. The molecular weight excluding hydrogens is 516 g/mol. The second-order valence-corrected chi connectivity index (χ2v) is 12.4. The summed E-state index contributed by atoms with van der Waals surface area (Å²) in [5.74, 6) is -0.962. The Kier molecular flexibility index (Phi) is 8.40. The number of nitrogens with zero attached hydrogens (tertiary/aromatic N) is 2. The summed E-state index contributed by atoms with van der Waals surface area (Å²) in [5, 5.41) is 3.83. The number of benzene rings is 1. The minimum atomic E-state index is -3.96. The van der Waals surface area contributed by atoms with E-state index < -0.39 is 21.0 Å². The third-order valence-electron chi connectivity index (χ3n) is 5.59. The predicted octanol–water partition coefficient (Wildman–Crippen LogP) is 2.64. The fourth-order valence-corrected chi connectivity index (χ4v) is 6.58. The van der Waals surface area contributed by atoms with Crippen LogP contribution in [0.2, 0.25) is 0 Å². The number of ether oxygens (including phenoxy) is 2. The van der Waals surface area contributed by atoms with E-state index in [1.807, 2.05) is 32.0 Å². The lowest BCUT2D eigenvalue weighted by molar-refractivity contribution is -0.126. The van der Waals surface area contributed by atoms with Crippen LogP contribution >= 0.6 is 11.3 Å². The minimum Gasteiger partial charge on any atom is -0.475 e. The number of carbonyl (C=O) groups is 2. The number of hydrogen-bond donors (Lipinski definition) is 2. The molecule has 0 aliphatic heterocycles. The fourth-order valence-electron chi connectivity index (χ4n) is 3.61. The summed E-state index contributed by atoms with van der Waals surface area (Å²) in [5.41, 5.74) is 2.30. The number of aromatic nitrogens is 2. The molecule has 10 nitrogen and oxygen atoms in total. The van der Waals surface area contributed by atoms with Gasteiger partial charge in [-0.1, -0.05) is 6.07 Å². The number of nitrogens with one attached hydrogen (secondary N) is 2. The standard InChI is InChI=1S/C25H30N4O6S2/c1-15(2)35-22-9-5-17(13-26-22)16-4-8-19-20(12-16)36-25(29-19)23(37(32,33)11-10-34-3)24(31)27-14-21(30)28-18-6-7-18/h4-5,8-9,12-13,15,18,23H,6-7,10-11,14H2,1-3H3,(H,27,31)(H,28,30). The van der Waals surface area contributed by atoms with E-state index in [2.05, 4.69) is 20.6 Å². The van der Waals surface area contributed by atoms with Gasteiger partial charge in [-0.05, 0) is 50.5 Å². The van der Waals surface area contributed by atoms with Crippen molar-refractivity contribution in [3.8, 4) is 17.0 Å². The van der Waals surface area contributed by atoms with Gasteiger partial charge >= 0.3 is 0 Å². The molecule has 0 bridgehead atoms. The third kappa shape index (κ3) is 7.02. The first-order chi connectivity index (χ1) is 17.7. The van der Waals surface area contributed by atoms with Gasteiger partial charge in [0.2, 0.25) is 17.7 Å². The molecule has 2 aromatic heterocycles. The summed E-state index contributed by atoms with van der Waals surface area (Å²) in [4.78, 5) is 33.9. The fraction of sp³-hybridized carbons (Fsp3) is 0.440. The van der Waals surface area contributed by atoms with Crippen molar-refractivity contribution in [2.24, 2.45) is 0 Å². The van der Waals surface area contributed by atoms with E-state index in [1.165, 1.54) is 7.11 Å². The number of hydrogen-bond acceptors (Lipinski definition) is 9. The van der Waals surface area contributed by atoms with Crippen molar-refractivity contribution in [3.63, 3.8) is 0 Å². The molecule has 1 aromatic carbocycles. The highest BCUT2D eigenvalue weighted by molar-refractivity contribution is 7.92. The van der Waals surface area contributed by atoms with Crippen molar-refractivity contribution < 1.29 is 27.5 Å². The maximum atomic E-state index is 13.1. The number of amides is 2. The number of rotatable bonds is 12. The Morgan fingerprint density at radius 3 is 2.57 bits per heavy atom. The molecule has 37 heavy (non-hydrogen) atoms. The van der Waals surface area contributed by atoms with Gasteiger partial charge < -0.3 is 20.1 Å². The van der Waals surface area contributed by atoms with Gasteiger partial charge in [-0.25, -0.2) is 18.4 Å². The Morgan fingerprint density at radius 2 is 1.92 bits per heavy atom. The zero-order valence-electron chi connectivity index (χ0n) is 20.9. The third-order valence-corrected chi connectivity index (χ3v) is 8.71. The van der Waals surface area contributed by atoms with Crippen molar-refractivity contribution in [2.45, 2.75) is 44.1 Å². The van der Waals surface area contributed by atoms with Crippen molar-refractivity contribution in [2.75, 3.05) is 26.0 Å². The first-order valence-electron chi connectivity index (χ1n) is 12.0. The largest absolute Gasteiger partial charge is 0.475 e. The number of carbonyl (C=O) groups excluding carboxylic acids is 2. The highest BCUT2D eigenvalue weighted by Crippen LogP contribution is 2.34. The van der Waals surface area contributed by atoms with Crippen LogP contribution in [0.4, 0.5) is 0 Å². The lowest BCUT2D eigenvalue weighted by Crippen LogP contribution is -2.41. The molecular formula is C25H30N4O6S2. The van der Waals surface area contributed by atoms with Crippen LogP contribution in [0.5, 0.6) is 5.88 Å². The molecule has 2 amide bonds. The van der Waals surface area contributed by atoms with E-state index >= 15 is 0 Å². The van der Waals surface area contributed by atoms with Crippen molar-refractivity contribution >= 4 is 43.2 Å². The van der Waals surface area contributed by atoms with Gasteiger partial charge in [-0.3, -0.25) is 9.59 Å². The average molecular weight is 547 g/mol. The topological polar surface area (TPSA) is 137 Å². The molecule has 3 aromatic rings. The molecule has 0 spiro atoms. The summed E-state index contributed by atoms with van der Waals surface area (Å²) in [6.45, 7) is 3.49. The van der Waals surface area contributed by atoms with Gasteiger partial charge in [0, 0.05) is 31.0 Å². The van der Waals surface area contributed by atoms with Gasteiger partial charge in [-0.15, -0.1) is 11.3 Å². The van der Waals surface area contributed by atoms with Crippen LogP contribution in [0.1, 0.15) is 36.9 Å². The summed E-state index contributed by atoms with van der Waals surface area (Å²) in [6, 6.07) is 9.35. The van der Waals surface area contributed by atoms with Gasteiger partial charge in [0.1, 0.15) is 5.01 Å². The lowest BCUT2D eigenvalue weighted by atomic mass is 10.1. The van der Waals surface area contributed by atoms with Gasteiger partial charge in [-0.2, -0.15) is 0 Å². The quantitative estimate of drug-likeness (QED) is 0.354. The molecule has 1 atom stereocenters. The van der Waals surface area contributed by atoms with E-state index in [0.29, 0.717) is 11.4 Å². The van der Waals surface area contributed by atoms with Crippen molar-refractivity contribution in [1.82, 2.24) is 20.6 Å². The molecule has 2 N–H and O–H groups in total. The van der Waals surface area contributed by atoms with E-state index in [4.69, 9.17) is 9.47 Å². The maximum Gasteiger partial charge on any atom is 0.245 e. The molecule has 1 unspecified atom stereocenters. The number of fused-ring (bicyclic) bond motifs is 1. The minimum absolute atomic E-state index is 0.0169. The zero-order valence-corrected chi connectivity index (χ0v) is 22.5. The van der Waals surface area contributed by atoms with Crippen LogP contribution in [-0.4, -0.2) is 68.4 Å².